The molecule has 2 N–H and O–H groups in total. The third-order valence-electron chi connectivity index (χ3n) is 4.61. The molecule has 0 radical (unpaired) electrons. The van der Waals surface area contributed by atoms with Gasteiger partial charge in [0.15, 0.2) is 0 Å². The van der Waals surface area contributed by atoms with Gasteiger partial charge in [-0.05, 0) is 23.8 Å². The molecule has 1 unspecified atom stereocenters. The highest BCUT2D eigenvalue weighted by molar-refractivity contribution is 5.95. The quantitative estimate of drug-likeness (QED) is 0.755. The third-order valence-corrected chi connectivity index (χ3v) is 4.61. The highest BCUT2D eigenvalue weighted by atomic mass is 19.1. The van der Waals surface area contributed by atoms with Gasteiger partial charge in [0.2, 0.25) is 5.88 Å². The van der Waals surface area contributed by atoms with Gasteiger partial charge in [-0.15, -0.1) is 0 Å². The lowest BCUT2D eigenvalue weighted by molar-refractivity contribution is 0.393. The van der Waals surface area contributed by atoms with Crippen LogP contribution in [0.25, 0.3) is 10.8 Å². The van der Waals surface area contributed by atoms with Gasteiger partial charge in [0.05, 0.1) is 13.0 Å². The molecular formula is C21H15FN2O2. The SMILES string of the molecule is COc1cc2c(c3ccccc13)OC(N)=C(C#N)C2c1ccc(F)cc1. The number of nitrogens with two attached hydrogens (primary N) is 1. The molecule has 0 bridgehead atoms. The Morgan fingerprint density at radius 2 is 1.81 bits per heavy atom. The summed E-state index contributed by atoms with van der Waals surface area (Å²) >= 11 is 0. The van der Waals surface area contributed by atoms with Gasteiger partial charge < -0.3 is 15.2 Å². The summed E-state index contributed by atoms with van der Waals surface area (Å²) in [5.41, 5.74) is 7.87. The van der Waals surface area contributed by atoms with E-state index in [9.17, 15) is 9.65 Å². The predicted molar refractivity (Wildman–Crippen MR) is 96.2 cm³/mol. The second-order valence-corrected chi connectivity index (χ2v) is 6.02. The van der Waals surface area contributed by atoms with Crippen molar-refractivity contribution in [2.75, 3.05) is 7.11 Å². The molecule has 0 saturated heterocycles. The topological polar surface area (TPSA) is 68.3 Å². The van der Waals surface area contributed by atoms with Crippen LogP contribution in [0.2, 0.25) is 0 Å². The van der Waals surface area contributed by atoms with Gasteiger partial charge >= 0.3 is 0 Å². The van der Waals surface area contributed by atoms with Gasteiger partial charge in [-0.1, -0.05) is 36.4 Å². The van der Waals surface area contributed by atoms with Gasteiger partial charge in [-0.3, -0.25) is 0 Å². The molecule has 1 aliphatic heterocycles. The van der Waals surface area contributed by atoms with Gasteiger partial charge in [-0.25, -0.2) is 4.39 Å². The first-order valence-corrected chi connectivity index (χ1v) is 8.06. The zero-order chi connectivity index (χ0) is 18.3. The zero-order valence-corrected chi connectivity index (χ0v) is 14.0. The molecule has 0 amide bonds. The van der Waals surface area contributed by atoms with Gasteiger partial charge in [0.1, 0.15) is 29.0 Å². The number of hydrogen-bond donors (Lipinski definition) is 1. The van der Waals surface area contributed by atoms with E-state index in [1.165, 1.54) is 12.1 Å². The van der Waals surface area contributed by atoms with Gasteiger partial charge in [0, 0.05) is 16.3 Å². The summed E-state index contributed by atoms with van der Waals surface area (Å²) in [6.45, 7) is 0. The van der Waals surface area contributed by atoms with Crippen LogP contribution in [0.3, 0.4) is 0 Å². The van der Waals surface area contributed by atoms with Crippen molar-refractivity contribution in [1.29, 1.82) is 5.26 Å². The molecule has 3 aromatic carbocycles. The molecule has 1 atom stereocenters. The number of methoxy groups -OCH3 is 1. The van der Waals surface area contributed by atoms with Crippen LogP contribution in [-0.2, 0) is 0 Å². The van der Waals surface area contributed by atoms with E-state index >= 15 is 0 Å². The van der Waals surface area contributed by atoms with E-state index in [0.29, 0.717) is 17.1 Å². The van der Waals surface area contributed by atoms with Crippen molar-refractivity contribution >= 4 is 10.8 Å². The van der Waals surface area contributed by atoms with E-state index in [1.807, 2.05) is 30.3 Å². The molecule has 1 heterocycles. The number of halogens is 1. The minimum Gasteiger partial charge on any atom is -0.496 e. The fourth-order valence-electron chi connectivity index (χ4n) is 3.42. The Bertz CT molecular complexity index is 1080. The molecule has 3 aromatic rings. The van der Waals surface area contributed by atoms with Crippen LogP contribution in [0.1, 0.15) is 17.0 Å². The number of hydrogen-bond acceptors (Lipinski definition) is 4. The first kappa shape index (κ1) is 16.0. The van der Waals surface area contributed by atoms with E-state index in [2.05, 4.69) is 6.07 Å². The summed E-state index contributed by atoms with van der Waals surface area (Å²) in [5, 5.41) is 11.4. The minimum atomic E-state index is -0.456. The molecule has 128 valence electrons. The molecule has 0 fully saturated rings. The molecule has 1 aliphatic rings. The number of ether oxygens (including phenoxy) is 2. The van der Waals surface area contributed by atoms with Crippen LogP contribution in [-0.4, -0.2) is 7.11 Å². The third kappa shape index (κ3) is 2.35. The largest absolute Gasteiger partial charge is 0.496 e. The van der Waals surface area contributed by atoms with Crippen molar-refractivity contribution < 1.29 is 13.9 Å². The molecule has 26 heavy (non-hydrogen) atoms. The van der Waals surface area contributed by atoms with E-state index in [1.54, 1.807) is 19.2 Å². The number of fused-ring (bicyclic) bond motifs is 3. The van der Waals surface area contributed by atoms with E-state index < -0.39 is 5.92 Å². The lowest BCUT2D eigenvalue weighted by Gasteiger charge is -2.28. The predicted octanol–water partition coefficient (Wildman–Crippen LogP) is 4.21. The van der Waals surface area contributed by atoms with Crippen LogP contribution in [0.15, 0.2) is 66.1 Å². The van der Waals surface area contributed by atoms with Crippen molar-refractivity contribution in [3.63, 3.8) is 0 Å². The average molecular weight is 346 g/mol. The highest BCUT2D eigenvalue weighted by Crippen LogP contribution is 2.47. The molecule has 0 aliphatic carbocycles. The fraction of sp³-hybridized carbons (Fsp3) is 0.0952. The van der Waals surface area contributed by atoms with Crippen LogP contribution in [0.5, 0.6) is 11.5 Å². The maximum atomic E-state index is 13.4. The fourth-order valence-corrected chi connectivity index (χ4v) is 3.42. The van der Waals surface area contributed by atoms with E-state index in [4.69, 9.17) is 15.2 Å². The summed E-state index contributed by atoms with van der Waals surface area (Å²) in [7, 11) is 1.60. The Balaban J connectivity index is 2.05. The van der Waals surface area contributed by atoms with Crippen molar-refractivity contribution in [3.05, 3.63) is 83.0 Å². The second-order valence-electron chi connectivity index (χ2n) is 6.02. The summed E-state index contributed by atoms with van der Waals surface area (Å²) in [6.07, 6.45) is 0. The number of rotatable bonds is 2. The van der Waals surface area contributed by atoms with Crippen LogP contribution >= 0.6 is 0 Å². The van der Waals surface area contributed by atoms with Crippen LogP contribution in [0.4, 0.5) is 4.39 Å². The Morgan fingerprint density at radius 1 is 1.12 bits per heavy atom. The standard InChI is InChI=1S/C21H15FN2O2/c1-25-18-10-16-19(12-6-8-13(22)9-7-12)17(11-23)21(24)26-20(16)15-5-3-2-4-14(15)18/h2-10,19H,24H2,1H3. The van der Waals surface area contributed by atoms with Crippen LogP contribution < -0.4 is 15.2 Å². The average Bonchev–Trinajstić information content (AvgIpc) is 2.67. The molecule has 4 nitrogen and oxygen atoms in total. The summed E-state index contributed by atoms with van der Waals surface area (Å²) in [4.78, 5) is 0. The van der Waals surface area contributed by atoms with Crippen molar-refractivity contribution in [3.8, 4) is 17.6 Å². The Labute approximate surface area is 149 Å². The van der Waals surface area contributed by atoms with Gasteiger partial charge in [-0.2, -0.15) is 5.26 Å². The number of nitrogens with zero attached hydrogens (tertiary/aromatic N) is 1. The molecule has 4 rings (SSSR count). The summed E-state index contributed by atoms with van der Waals surface area (Å²) < 4.78 is 24.8. The molecule has 0 saturated carbocycles. The molecule has 5 heteroatoms. The Kier molecular flexibility index (Phi) is 3.74. The monoisotopic (exact) mass is 346 g/mol. The first-order chi connectivity index (χ1) is 12.6. The van der Waals surface area contributed by atoms with Crippen molar-refractivity contribution in [2.45, 2.75) is 5.92 Å². The Hall–Kier alpha value is -3.52. The molecule has 0 spiro atoms. The molecular weight excluding hydrogens is 331 g/mol. The normalized spacial score (nSPS) is 16.0. The van der Waals surface area contributed by atoms with Crippen molar-refractivity contribution in [1.82, 2.24) is 0 Å². The number of nitriles is 1. The molecule has 0 aromatic heterocycles. The smallest absolute Gasteiger partial charge is 0.205 e. The second kappa shape index (κ2) is 6.08. The summed E-state index contributed by atoms with van der Waals surface area (Å²) in [5.74, 6) is 0.528. The highest BCUT2D eigenvalue weighted by Gasteiger charge is 2.32. The first-order valence-electron chi connectivity index (χ1n) is 8.06. The lowest BCUT2D eigenvalue weighted by atomic mass is 9.82. The van der Waals surface area contributed by atoms with Crippen molar-refractivity contribution in [2.24, 2.45) is 5.73 Å². The maximum absolute atomic E-state index is 13.4. The van der Waals surface area contributed by atoms with E-state index in [0.717, 1.165) is 21.9 Å². The Morgan fingerprint density at radius 3 is 2.46 bits per heavy atom. The minimum absolute atomic E-state index is 0.0599. The zero-order valence-electron chi connectivity index (χ0n) is 14.0. The van der Waals surface area contributed by atoms with Crippen LogP contribution in [0, 0.1) is 17.1 Å². The number of allylic oxidation sites excluding steroid dienone is 1. The summed E-state index contributed by atoms with van der Waals surface area (Å²) in [6, 6.07) is 17.7. The maximum Gasteiger partial charge on any atom is 0.205 e. The lowest BCUT2D eigenvalue weighted by Crippen LogP contribution is -2.21. The van der Waals surface area contributed by atoms with Gasteiger partial charge in [0.25, 0.3) is 0 Å². The number of benzene rings is 3. The van der Waals surface area contributed by atoms with E-state index in [-0.39, 0.29) is 11.7 Å².